The number of anilines is 1. The van der Waals surface area contributed by atoms with Gasteiger partial charge >= 0.3 is 0 Å². The van der Waals surface area contributed by atoms with Gasteiger partial charge in [-0.1, -0.05) is 0 Å². The van der Waals surface area contributed by atoms with Crippen LogP contribution in [0.2, 0.25) is 0 Å². The van der Waals surface area contributed by atoms with E-state index in [-0.39, 0.29) is 0 Å². The lowest BCUT2D eigenvalue weighted by atomic mass is 10.4. The van der Waals surface area contributed by atoms with Crippen molar-refractivity contribution in [2.75, 3.05) is 25.1 Å². The highest BCUT2D eigenvalue weighted by Crippen LogP contribution is 2.16. The van der Waals surface area contributed by atoms with Crippen LogP contribution in [0.25, 0.3) is 0 Å². The quantitative estimate of drug-likeness (QED) is 0.755. The molecule has 0 amide bonds. The summed E-state index contributed by atoms with van der Waals surface area (Å²) in [6, 6.07) is 0. The second kappa shape index (κ2) is 7.25. The van der Waals surface area contributed by atoms with Crippen LogP contribution in [0, 0.1) is 6.92 Å². The Labute approximate surface area is 117 Å². The van der Waals surface area contributed by atoms with Gasteiger partial charge in [0.1, 0.15) is 0 Å². The maximum atomic E-state index is 5.31. The highest BCUT2D eigenvalue weighted by Gasteiger charge is 2.06. The number of hydrogen-bond donors (Lipinski definition) is 1. The number of ether oxygens (including phenoxy) is 1. The number of rotatable bonds is 8. The average Bonchev–Trinajstić information content (AvgIpc) is 3.00. The topological polar surface area (TPSA) is 52.0 Å². The van der Waals surface area contributed by atoms with E-state index in [4.69, 9.17) is 4.74 Å². The lowest BCUT2D eigenvalue weighted by Crippen LogP contribution is -2.11. The SMILES string of the molecule is CCOCCCNc1nccn1Cc1scnc1C. The minimum Gasteiger partial charge on any atom is -0.382 e. The van der Waals surface area contributed by atoms with E-state index in [1.165, 1.54) is 4.88 Å². The molecule has 0 saturated carbocycles. The Kier molecular flexibility index (Phi) is 5.35. The number of imidazole rings is 1. The molecule has 0 aliphatic heterocycles. The van der Waals surface area contributed by atoms with Gasteiger partial charge in [0.15, 0.2) is 0 Å². The van der Waals surface area contributed by atoms with Crippen molar-refractivity contribution in [1.82, 2.24) is 14.5 Å². The minimum absolute atomic E-state index is 0.777. The molecule has 0 atom stereocenters. The Balaban J connectivity index is 1.85. The Hall–Kier alpha value is -1.40. The third kappa shape index (κ3) is 4.04. The molecule has 0 aromatic carbocycles. The van der Waals surface area contributed by atoms with E-state index < -0.39 is 0 Å². The van der Waals surface area contributed by atoms with Crippen LogP contribution in [0.15, 0.2) is 17.9 Å². The largest absolute Gasteiger partial charge is 0.382 e. The Morgan fingerprint density at radius 1 is 1.42 bits per heavy atom. The zero-order chi connectivity index (χ0) is 13.5. The maximum Gasteiger partial charge on any atom is 0.203 e. The molecule has 2 rings (SSSR count). The predicted molar refractivity (Wildman–Crippen MR) is 77.8 cm³/mol. The van der Waals surface area contributed by atoms with Crippen molar-refractivity contribution >= 4 is 17.3 Å². The fourth-order valence-corrected chi connectivity index (χ4v) is 2.53. The first-order chi connectivity index (χ1) is 9.31. The van der Waals surface area contributed by atoms with Gasteiger partial charge in [-0.3, -0.25) is 0 Å². The molecule has 6 heteroatoms. The van der Waals surface area contributed by atoms with Crippen LogP contribution in [-0.2, 0) is 11.3 Å². The molecule has 0 aliphatic carbocycles. The number of thiazole rings is 1. The molecular formula is C13H20N4OS. The van der Waals surface area contributed by atoms with Crippen LogP contribution in [0.4, 0.5) is 5.95 Å². The number of hydrogen-bond acceptors (Lipinski definition) is 5. The number of nitrogens with zero attached hydrogens (tertiary/aromatic N) is 3. The van der Waals surface area contributed by atoms with Crippen molar-refractivity contribution in [2.45, 2.75) is 26.8 Å². The molecule has 2 heterocycles. The van der Waals surface area contributed by atoms with Gasteiger partial charge in [-0.15, -0.1) is 11.3 Å². The Bertz CT molecular complexity index is 494. The first-order valence-corrected chi connectivity index (χ1v) is 7.41. The summed E-state index contributed by atoms with van der Waals surface area (Å²) in [6.07, 6.45) is 4.80. The Morgan fingerprint density at radius 3 is 3.05 bits per heavy atom. The van der Waals surface area contributed by atoms with Gasteiger partial charge < -0.3 is 14.6 Å². The van der Waals surface area contributed by atoms with Crippen LogP contribution in [0.1, 0.15) is 23.9 Å². The second-order valence-electron chi connectivity index (χ2n) is 4.22. The van der Waals surface area contributed by atoms with Crippen LogP contribution >= 0.6 is 11.3 Å². The normalized spacial score (nSPS) is 10.8. The van der Waals surface area contributed by atoms with E-state index in [0.29, 0.717) is 0 Å². The minimum atomic E-state index is 0.777. The van der Waals surface area contributed by atoms with E-state index in [1.807, 2.05) is 31.8 Å². The van der Waals surface area contributed by atoms with Crippen molar-refractivity contribution in [3.05, 3.63) is 28.5 Å². The molecule has 0 radical (unpaired) electrons. The Morgan fingerprint density at radius 2 is 2.32 bits per heavy atom. The van der Waals surface area contributed by atoms with Crippen LogP contribution in [0.5, 0.6) is 0 Å². The summed E-state index contributed by atoms with van der Waals surface area (Å²) >= 11 is 1.68. The molecule has 0 aliphatic rings. The highest BCUT2D eigenvalue weighted by atomic mass is 32.1. The smallest absolute Gasteiger partial charge is 0.203 e. The fourth-order valence-electron chi connectivity index (χ4n) is 1.76. The summed E-state index contributed by atoms with van der Waals surface area (Å²) in [5, 5.41) is 3.34. The molecule has 0 bridgehead atoms. The zero-order valence-electron chi connectivity index (χ0n) is 11.4. The van der Waals surface area contributed by atoms with Gasteiger partial charge in [0.2, 0.25) is 5.95 Å². The predicted octanol–water partition coefficient (Wildman–Crippen LogP) is 2.53. The van der Waals surface area contributed by atoms with Gasteiger partial charge in [-0.05, 0) is 20.3 Å². The number of nitrogens with one attached hydrogen (secondary N) is 1. The third-order valence-corrected chi connectivity index (χ3v) is 3.75. The van der Waals surface area contributed by atoms with Crippen molar-refractivity contribution in [3.63, 3.8) is 0 Å². The molecule has 2 aromatic rings. The fraction of sp³-hybridized carbons (Fsp3) is 0.538. The second-order valence-corrected chi connectivity index (χ2v) is 5.16. The standard InChI is InChI=1S/C13H20N4OS/c1-3-18-8-4-5-14-13-15-6-7-17(13)9-12-11(2)16-10-19-12/h6-7,10H,3-5,8-9H2,1-2H3,(H,14,15). The van der Waals surface area contributed by atoms with Gasteiger partial charge in [0.05, 0.1) is 17.7 Å². The van der Waals surface area contributed by atoms with Crippen molar-refractivity contribution in [2.24, 2.45) is 0 Å². The summed E-state index contributed by atoms with van der Waals surface area (Å²) < 4.78 is 7.42. The zero-order valence-corrected chi connectivity index (χ0v) is 12.2. The van der Waals surface area contributed by atoms with Gasteiger partial charge in [0, 0.05) is 37.0 Å². The lowest BCUT2D eigenvalue weighted by Gasteiger charge is -2.09. The molecule has 19 heavy (non-hydrogen) atoms. The molecule has 0 saturated heterocycles. The van der Waals surface area contributed by atoms with Gasteiger partial charge in [-0.25, -0.2) is 9.97 Å². The number of aromatic nitrogens is 3. The average molecular weight is 280 g/mol. The highest BCUT2D eigenvalue weighted by molar-refractivity contribution is 7.09. The monoisotopic (exact) mass is 280 g/mol. The molecule has 0 unspecified atom stereocenters. The van der Waals surface area contributed by atoms with E-state index in [1.54, 1.807) is 11.3 Å². The molecule has 0 fully saturated rings. The third-order valence-electron chi connectivity index (χ3n) is 2.83. The number of aryl methyl sites for hydroxylation is 1. The maximum absolute atomic E-state index is 5.31. The summed E-state index contributed by atoms with van der Waals surface area (Å²) in [6.45, 7) is 7.32. The van der Waals surface area contributed by atoms with Gasteiger partial charge in [0.25, 0.3) is 0 Å². The molecular weight excluding hydrogens is 260 g/mol. The summed E-state index contributed by atoms with van der Waals surface area (Å²) in [7, 11) is 0. The van der Waals surface area contributed by atoms with Crippen molar-refractivity contribution in [1.29, 1.82) is 0 Å². The van der Waals surface area contributed by atoms with E-state index >= 15 is 0 Å². The lowest BCUT2D eigenvalue weighted by molar-refractivity contribution is 0.147. The summed E-state index contributed by atoms with van der Waals surface area (Å²) in [5.41, 5.74) is 2.98. The molecule has 0 spiro atoms. The first-order valence-electron chi connectivity index (χ1n) is 6.53. The van der Waals surface area contributed by atoms with Crippen molar-refractivity contribution < 1.29 is 4.74 Å². The van der Waals surface area contributed by atoms with Crippen LogP contribution < -0.4 is 5.32 Å². The summed E-state index contributed by atoms with van der Waals surface area (Å²) in [4.78, 5) is 9.88. The molecule has 1 N–H and O–H groups in total. The summed E-state index contributed by atoms with van der Waals surface area (Å²) in [5.74, 6) is 0.907. The first kappa shape index (κ1) is 14.0. The van der Waals surface area contributed by atoms with E-state index in [9.17, 15) is 0 Å². The van der Waals surface area contributed by atoms with Crippen LogP contribution in [0.3, 0.4) is 0 Å². The van der Waals surface area contributed by atoms with E-state index in [0.717, 1.165) is 44.4 Å². The van der Waals surface area contributed by atoms with Crippen LogP contribution in [-0.4, -0.2) is 34.3 Å². The molecule has 5 nitrogen and oxygen atoms in total. The molecule has 2 aromatic heterocycles. The van der Waals surface area contributed by atoms with Gasteiger partial charge in [-0.2, -0.15) is 0 Å². The van der Waals surface area contributed by atoms with E-state index in [2.05, 4.69) is 19.9 Å². The molecule has 104 valence electrons. The van der Waals surface area contributed by atoms with Crippen molar-refractivity contribution in [3.8, 4) is 0 Å².